The Balaban J connectivity index is 2.37. The van der Waals surface area contributed by atoms with Crippen molar-refractivity contribution in [3.05, 3.63) is 35.6 Å². The third kappa shape index (κ3) is 4.08. The number of amides is 1. The van der Waals surface area contributed by atoms with Crippen LogP contribution in [0.1, 0.15) is 18.4 Å². The van der Waals surface area contributed by atoms with Gasteiger partial charge in [-0.1, -0.05) is 18.2 Å². The van der Waals surface area contributed by atoms with Crippen molar-refractivity contribution in [2.24, 2.45) is 0 Å². The Hall–Kier alpha value is -1.91. The van der Waals surface area contributed by atoms with Crippen molar-refractivity contribution in [3.8, 4) is 0 Å². The first-order valence-electron chi connectivity index (χ1n) is 4.79. The van der Waals surface area contributed by atoms with Gasteiger partial charge in [0.15, 0.2) is 0 Å². The SMILES string of the molecule is O=C([O-])CCC(=O)NCc1ccccc1F. The number of carboxylic acids is 1. The lowest BCUT2D eigenvalue weighted by molar-refractivity contribution is -0.305. The minimum atomic E-state index is -1.28. The molecule has 4 nitrogen and oxygen atoms in total. The van der Waals surface area contributed by atoms with Crippen LogP contribution in [0, 0.1) is 5.82 Å². The van der Waals surface area contributed by atoms with Crippen LogP contribution in [0.25, 0.3) is 0 Å². The van der Waals surface area contributed by atoms with Gasteiger partial charge in [0.05, 0.1) is 0 Å². The lowest BCUT2D eigenvalue weighted by Crippen LogP contribution is -2.27. The van der Waals surface area contributed by atoms with Crippen molar-refractivity contribution in [1.29, 1.82) is 0 Å². The molecular weight excluding hydrogens is 213 g/mol. The lowest BCUT2D eigenvalue weighted by atomic mass is 10.2. The summed E-state index contributed by atoms with van der Waals surface area (Å²) in [5.74, 6) is -2.11. The minimum absolute atomic E-state index is 0.0541. The van der Waals surface area contributed by atoms with Crippen molar-refractivity contribution < 1.29 is 19.1 Å². The zero-order valence-electron chi connectivity index (χ0n) is 8.53. The van der Waals surface area contributed by atoms with Crippen LogP contribution in [0.3, 0.4) is 0 Å². The molecule has 5 heteroatoms. The quantitative estimate of drug-likeness (QED) is 0.763. The van der Waals surface area contributed by atoms with Crippen LogP contribution < -0.4 is 10.4 Å². The summed E-state index contributed by atoms with van der Waals surface area (Å²) in [6.07, 6.45) is -0.486. The third-order valence-electron chi connectivity index (χ3n) is 1.99. The fourth-order valence-electron chi connectivity index (χ4n) is 1.14. The zero-order valence-corrected chi connectivity index (χ0v) is 8.53. The van der Waals surface area contributed by atoms with Gasteiger partial charge in [0.1, 0.15) is 5.82 Å². The Labute approximate surface area is 92.1 Å². The molecule has 1 rings (SSSR count). The molecule has 0 saturated heterocycles. The highest BCUT2D eigenvalue weighted by Crippen LogP contribution is 2.05. The van der Waals surface area contributed by atoms with E-state index < -0.39 is 17.7 Å². The van der Waals surface area contributed by atoms with Crippen LogP contribution in [0.4, 0.5) is 4.39 Å². The molecule has 0 aliphatic heterocycles. The molecule has 86 valence electrons. The molecule has 0 saturated carbocycles. The van der Waals surface area contributed by atoms with E-state index in [9.17, 15) is 19.1 Å². The molecule has 0 spiro atoms. The summed E-state index contributed by atoms with van der Waals surface area (Å²) < 4.78 is 13.1. The Kier molecular flexibility index (Phi) is 4.44. The van der Waals surface area contributed by atoms with E-state index in [2.05, 4.69) is 5.32 Å². The van der Waals surface area contributed by atoms with Crippen molar-refractivity contribution in [1.82, 2.24) is 5.32 Å². The maximum Gasteiger partial charge on any atom is 0.220 e. The molecule has 1 N–H and O–H groups in total. The monoisotopic (exact) mass is 224 g/mol. The predicted octanol–water partition coefficient (Wildman–Crippen LogP) is -0.0280. The van der Waals surface area contributed by atoms with Gasteiger partial charge in [-0.15, -0.1) is 0 Å². The second-order valence-electron chi connectivity index (χ2n) is 3.24. The highest BCUT2D eigenvalue weighted by atomic mass is 19.1. The predicted molar refractivity (Wildman–Crippen MR) is 52.5 cm³/mol. The van der Waals surface area contributed by atoms with Crippen LogP contribution in [0.2, 0.25) is 0 Å². The van der Waals surface area contributed by atoms with Gasteiger partial charge in [0.25, 0.3) is 0 Å². The summed E-state index contributed by atoms with van der Waals surface area (Å²) in [5, 5.41) is 12.5. The number of carboxylic acid groups (broad SMARTS) is 1. The Morgan fingerprint density at radius 3 is 2.56 bits per heavy atom. The molecule has 1 amide bonds. The summed E-state index contributed by atoms with van der Waals surface area (Å²) in [7, 11) is 0. The van der Waals surface area contributed by atoms with Gasteiger partial charge in [-0.2, -0.15) is 0 Å². The summed E-state index contributed by atoms with van der Waals surface area (Å²) in [4.78, 5) is 21.2. The van der Waals surface area contributed by atoms with E-state index in [4.69, 9.17) is 0 Å². The number of hydrogen-bond acceptors (Lipinski definition) is 3. The molecule has 1 aromatic rings. The number of carbonyl (C=O) groups is 2. The fourth-order valence-corrected chi connectivity index (χ4v) is 1.14. The maximum atomic E-state index is 13.1. The van der Waals surface area contributed by atoms with Crippen LogP contribution in [-0.4, -0.2) is 11.9 Å². The first-order valence-corrected chi connectivity index (χ1v) is 4.79. The van der Waals surface area contributed by atoms with Gasteiger partial charge in [-0.25, -0.2) is 4.39 Å². The molecular formula is C11H11FNO3-. The first-order chi connectivity index (χ1) is 7.59. The molecule has 0 aliphatic rings. The van der Waals surface area contributed by atoms with Gasteiger partial charge in [-0.3, -0.25) is 4.79 Å². The van der Waals surface area contributed by atoms with Crippen LogP contribution in [0.5, 0.6) is 0 Å². The van der Waals surface area contributed by atoms with E-state index in [-0.39, 0.29) is 19.4 Å². The number of nitrogens with one attached hydrogen (secondary N) is 1. The number of aliphatic carboxylic acids is 1. The first kappa shape index (κ1) is 12.2. The number of hydrogen-bond donors (Lipinski definition) is 1. The van der Waals surface area contributed by atoms with Gasteiger partial charge in [0, 0.05) is 24.5 Å². The molecule has 0 radical (unpaired) electrons. The van der Waals surface area contributed by atoms with Crippen molar-refractivity contribution >= 4 is 11.9 Å². The molecule has 1 aromatic carbocycles. The summed E-state index contributed by atoms with van der Waals surface area (Å²) in [6.45, 7) is 0.0541. The van der Waals surface area contributed by atoms with Crippen molar-refractivity contribution in [2.45, 2.75) is 19.4 Å². The van der Waals surface area contributed by atoms with Crippen molar-refractivity contribution in [2.75, 3.05) is 0 Å². The van der Waals surface area contributed by atoms with E-state index in [1.54, 1.807) is 18.2 Å². The molecule has 0 fully saturated rings. The van der Waals surface area contributed by atoms with Gasteiger partial charge in [0.2, 0.25) is 5.91 Å². The number of benzene rings is 1. The standard InChI is InChI=1S/C11H12FNO3/c12-9-4-2-1-3-8(9)7-13-10(14)5-6-11(15)16/h1-4H,5-7H2,(H,13,14)(H,15,16)/p-1. The van der Waals surface area contributed by atoms with E-state index in [1.165, 1.54) is 6.07 Å². The Bertz CT molecular complexity index is 393. The molecule has 0 unspecified atom stereocenters. The Morgan fingerprint density at radius 1 is 1.25 bits per heavy atom. The molecule has 0 aliphatic carbocycles. The Morgan fingerprint density at radius 2 is 1.94 bits per heavy atom. The lowest BCUT2D eigenvalue weighted by Gasteiger charge is -2.06. The number of carbonyl (C=O) groups excluding carboxylic acids is 2. The second kappa shape index (κ2) is 5.85. The number of halogens is 1. The molecule has 16 heavy (non-hydrogen) atoms. The van der Waals surface area contributed by atoms with Gasteiger partial charge >= 0.3 is 0 Å². The van der Waals surface area contributed by atoms with Gasteiger partial charge < -0.3 is 15.2 Å². The average molecular weight is 224 g/mol. The van der Waals surface area contributed by atoms with E-state index in [1.807, 2.05) is 0 Å². The maximum absolute atomic E-state index is 13.1. The zero-order chi connectivity index (χ0) is 12.0. The number of rotatable bonds is 5. The van der Waals surface area contributed by atoms with E-state index in [0.717, 1.165) is 0 Å². The topological polar surface area (TPSA) is 69.2 Å². The van der Waals surface area contributed by atoms with Crippen LogP contribution >= 0.6 is 0 Å². The van der Waals surface area contributed by atoms with Crippen LogP contribution in [0.15, 0.2) is 24.3 Å². The van der Waals surface area contributed by atoms with E-state index >= 15 is 0 Å². The minimum Gasteiger partial charge on any atom is -0.550 e. The fraction of sp³-hybridized carbons (Fsp3) is 0.273. The van der Waals surface area contributed by atoms with Crippen molar-refractivity contribution in [3.63, 3.8) is 0 Å². The second-order valence-corrected chi connectivity index (χ2v) is 3.24. The largest absolute Gasteiger partial charge is 0.550 e. The van der Waals surface area contributed by atoms with E-state index in [0.29, 0.717) is 5.56 Å². The van der Waals surface area contributed by atoms with Gasteiger partial charge in [-0.05, 0) is 12.5 Å². The summed E-state index contributed by atoms with van der Waals surface area (Å²) >= 11 is 0. The third-order valence-corrected chi connectivity index (χ3v) is 1.99. The summed E-state index contributed by atoms with van der Waals surface area (Å²) in [6, 6.07) is 6.06. The molecule has 0 bridgehead atoms. The smallest absolute Gasteiger partial charge is 0.220 e. The molecule has 0 atom stereocenters. The normalized spacial score (nSPS) is 9.81. The average Bonchev–Trinajstić information content (AvgIpc) is 2.25. The highest BCUT2D eigenvalue weighted by Gasteiger charge is 2.04. The highest BCUT2D eigenvalue weighted by molar-refractivity contribution is 5.79. The molecule has 0 aromatic heterocycles. The van der Waals surface area contributed by atoms with Crippen LogP contribution in [-0.2, 0) is 16.1 Å². The molecule has 0 heterocycles. The summed E-state index contributed by atoms with van der Waals surface area (Å²) in [5.41, 5.74) is 0.365.